The second-order valence-electron chi connectivity index (χ2n) is 19.7. The second kappa shape index (κ2) is 19.1. The van der Waals surface area contributed by atoms with Gasteiger partial charge in [-0.25, -0.2) is 23.9 Å². The summed E-state index contributed by atoms with van der Waals surface area (Å²) in [6.45, 7) is 5.86. The van der Waals surface area contributed by atoms with Crippen molar-refractivity contribution in [1.29, 1.82) is 0 Å². The molecule has 11 rings (SSSR count). The van der Waals surface area contributed by atoms with E-state index in [1.165, 1.54) is 38.0 Å². The molecule has 4 aliphatic heterocycles. The fraction of sp³-hybridized carbons (Fsp3) is 0.462. The number of amides is 4. The summed E-state index contributed by atoms with van der Waals surface area (Å²) in [5.41, 5.74) is 4.70. The van der Waals surface area contributed by atoms with Gasteiger partial charge in [-0.3, -0.25) is 14.2 Å². The highest BCUT2D eigenvalue weighted by molar-refractivity contribution is 7.12. The largest absolute Gasteiger partial charge is 0.464 e. The second-order valence-corrected chi connectivity index (χ2v) is 20.8. The Hall–Kier alpha value is -6.73. The Morgan fingerprint density at radius 2 is 1.42 bits per heavy atom. The number of hydrogen-bond donors (Lipinski definition) is 4. The zero-order chi connectivity index (χ0) is 49.1. The lowest BCUT2D eigenvalue weighted by atomic mass is 9.90. The van der Waals surface area contributed by atoms with Gasteiger partial charge in [0.2, 0.25) is 18.0 Å². The summed E-state index contributed by atoms with van der Waals surface area (Å²) in [6, 6.07) is 13.7. The molecular weight excluding hydrogens is 930 g/mol. The lowest BCUT2D eigenvalue weighted by Gasteiger charge is -2.34. The molecule has 372 valence electrons. The maximum Gasteiger partial charge on any atom is 0.407 e. The van der Waals surface area contributed by atoms with E-state index in [9.17, 15) is 19.2 Å². The fourth-order valence-electron chi connectivity index (χ4n) is 11.0. The number of nitrogens with one attached hydrogen (secondary N) is 4. The van der Waals surface area contributed by atoms with Crippen LogP contribution in [0.3, 0.4) is 0 Å². The van der Waals surface area contributed by atoms with Gasteiger partial charge in [-0.2, -0.15) is 0 Å². The Morgan fingerprint density at radius 3 is 2.08 bits per heavy atom. The topological polar surface area (TPSA) is 198 Å². The Kier molecular flexibility index (Phi) is 12.6. The Morgan fingerprint density at radius 1 is 0.775 bits per heavy atom. The quantitative estimate of drug-likeness (QED) is 0.0918. The van der Waals surface area contributed by atoms with Gasteiger partial charge in [-0.05, 0) is 112 Å². The third kappa shape index (κ3) is 8.80. The van der Waals surface area contributed by atoms with Crippen molar-refractivity contribution in [2.45, 2.75) is 102 Å². The number of imidazole rings is 2. The summed E-state index contributed by atoms with van der Waals surface area (Å²) in [6.07, 6.45) is 8.19. The summed E-state index contributed by atoms with van der Waals surface area (Å²) in [7, 11) is 2.57. The Labute approximate surface area is 413 Å². The van der Waals surface area contributed by atoms with Crippen molar-refractivity contribution in [2.24, 2.45) is 11.8 Å². The van der Waals surface area contributed by atoms with Crippen molar-refractivity contribution in [3.05, 3.63) is 88.1 Å². The minimum absolute atomic E-state index is 0.0718. The number of alkyl carbamates (subject to hydrolysis) is 2. The van der Waals surface area contributed by atoms with Crippen LogP contribution in [0, 0.1) is 17.7 Å². The molecule has 2 aromatic carbocycles. The van der Waals surface area contributed by atoms with E-state index in [0.717, 1.165) is 46.3 Å². The number of methoxy groups -OCH3 is 2. The number of hydrogen-bond acceptors (Lipinski definition) is 11. The predicted octanol–water partition coefficient (Wildman–Crippen LogP) is 8.96. The number of benzene rings is 2. The first kappa shape index (κ1) is 46.6. The van der Waals surface area contributed by atoms with Crippen molar-refractivity contribution < 1.29 is 42.5 Å². The average molecular weight is 988 g/mol. The number of halogens is 1. The first-order chi connectivity index (χ1) is 34.5. The third-order valence-electron chi connectivity index (χ3n) is 14.9. The van der Waals surface area contributed by atoms with Crippen LogP contribution in [0.2, 0.25) is 0 Å². The zero-order valence-corrected chi connectivity index (χ0v) is 41.0. The molecule has 4 N–H and O–H groups in total. The summed E-state index contributed by atoms with van der Waals surface area (Å²) < 4.78 is 41.2. The first-order valence-electron chi connectivity index (χ1n) is 24.7. The maximum absolute atomic E-state index is 17.0. The van der Waals surface area contributed by atoms with Crippen LogP contribution in [0.1, 0.15) is 111 Å². The Balaban J connectivity index is 0.896. The summed E-state index contributed by atoms with van der Waals surface area (Å²) in [4.78, 5) is 75.0. The van der Waals surface area contributed by atoms with Gasteiger partial charge in [0.25, 0.3) is 0 Å². The van der Waals surface area contributed by atoms with Crippen LogP contribution in [-0.4, -0.2) is 111 Å². The van der Waals surface area contributed by atoms with E-state index in [1.807, 2.05) is 43.0 Å². The van der Waals surface area contributed by atoms with Gasteiger partial charge in [0.1, 0.15) is 35.3 Å². The molecule has 8 heterocycles. The predicted molar refractivity (Wildman–Crippen MR) is 262 cm³/mol. The van der Waals surface area contributed by atoms with E-state index < -0.39 is 36.3 Å². The molecule has 0 unspecified atom stereocenters. The van der Waals surface area contributed by atoms with E-state index in [2.05, 4.69) is 43.4 Å². The lowest BCUT2D eigenvalue weighted by Crippen LogP contribution is -2.53. The molecule has 1 aliphatic carbocycles. The molecule has 1 saturated carbocycles. The highest BCUT2D eigenvalue weighted by Gasteiger charge is 2.41. The van der Waals surface area contributed by atoms with Gasteiger partial charge in [-0.15, -0.1) is 11.3 Å². The fourth-order valence-corrected chi connectivity index (χ4v) is 12.2. The smallest absolute Gasteiger partial charge is 0.407 e. The summed E-state index contributed by atoms with van der Waals surface area (Å²) in [5.74, 6) is 1.14. The van der Waals surface area contributed by atoms with Gasteiger partial charge >= 0.3 is 12.2 Å². The average Bonchev–Trinajstić information content (AvgIpc) is 4.11. The number of likely N-dealkylation sites (tertiary alicyclic amines) is 2. The van der Waals surface area contributed by atoms with E-state index in [4.69, 9.17) is 28.9 Å². The minimum Gasteiger partial charge on any atom is -0.464 e. The number of carbonyl (C=O) groups excluding carboxylic acids is 4. The number of nitrogens with zero attached hydrogens (tertiary/aromatic N) is 5. The molecule has 3 saturated heterocycles. The lowest BCUT2D eigenvalue weighted by molar-refractivity contribution is -0.137. The SMILES string of the molecule is COC(=O)N[C@H](C(=O)N1CCC[C@H]1c1ncc(-c2cc(F)c3c(c2)O[C@@H](c2ccc(C4CC4)s2)n2c-3cc3cc(-c4cnc([C@@H]5CCCN5C(=O)[C@@H](NC(=O)OC)C5CCOCC5)[nH]4)ccc32)[nH]1)C(C)C. The van der Waals surface area contributed by atoms with Crippen LogP contribution in [0.4, 0.5) is 14.0 Å². The van der Waals surface area contributed by atoms with Crippen molar-refractivity contribution in [3.63, 3.8) is 0 Å². The Bertz CT molecular complexity index is 3010. The molecule has 71 heavy (non-hydrogen) atoms. The first-order valence-corrected chi connectivity index (χ1v) is 25.5. The van der Waals surface area contributed by atoms with E-state index in [-0.39, 0.29) is 35.7 Å². The van der Waals surface area contributed by atoms with Gasteiger partial charge in [-0.1, -0.05) is 19.9 Å². The van der Waals surface area contributed by atoms with Crippen molar-refractivity contribution in [1.82, 2.24) is 44.9 Å². The molecule has 0 bridgehead atoms. The third-order valence-corrected chi connectivity index (χ3v) is 16.1. The summed E-state index contributed by atoms with van der Waals surface area (Å²) >= 11 is 1.73. The monoisotopic (exact) mass is 987 g/mol. The molecule has 5 aliphatic rings. The van der Waals surface area contributed by atoms with Gasteiger partial charge in [0.05, 0.1) is 71.7 Å². The van der Waals surface area contributed by atoms with Crippen LogP contribution in [0.15, 0.2) is 60.9 Å². The normalized spacial score (nSPS) is 20.9. The number of ether oxygens (including phenoxy) is 4. The van der Waals surface area contributed by atoms with Crippen LogP contribution in [0.5, 0.6) is 5.75 Å². The van der Waals surface area contributed by atoms with E-state index in [1.54, 1.807) is 28.6 Å². The molecular formula is C52H58FN9O8S. The molecule has 5 atom stereocenters. The van der Waals surface area contributed by atoms with E-state index >= 15 is 4.39 Å². The van der Waals surface area contributed by atoms with Gasteiger partial charge in [0.15, 0.2) is 0 Å². The van der Waals surface area contributed by atoms with Crippen LogP contribution in [-0.2, 0) is 23.8 Å². The zero-order valence-electron chi connectivity index (χ0n) is 40.2. The highest BCUT2D eigenvalue weighted by atomic mass is 32.1. The van der Waals surface area contributed by atoms with Crippen LogP contribution < -0.4 is 15.4 Å². The number of rotatable bonds is 12. The molecule has 4 amide bonds. The van der Waals surface area contributed by atoms with Gasteiger partial charge < -0.3 is 49.3 Å². The number of aromatic nitrogens is 5. The molecule has 4 aromatic heterocycles. The highest BCUT2D eigenvalue weighted by Crippen LogP contribution is 2.50. The van der Waals surface area contributed by atoms with Crippen molar-refractivity contribution in [3.8, 4) is 39.5 Å². The number of aromatic amines is 2. The van der Waals surface area contributed by atoms with Crippen LogP contribution >= 0.6 is 11.3 Å². The standard InChI is InChI=1S/C52H58FN9O8S/c1-27(2)44(58-51(65)67-3)48(63)60-17-5-7-37(60)47-55-26-35(57-47)31-22-33(53)43-39-23-32-21-30(11-12-36(32)62(39)50(70-40(43)24-31)42-14-13-41(71-42)28-9-10-28)34-25-54-46(56-34)38-8-6-18-61(38)49(64)45(59-52(66)68-4)29-15-19-69-20-16-29/h11-14,21-29,37-38,44-45,50H,5-10,15-20H2,1-4H3,(H,54,56)(H,55,57)(H,58,65)(H,59,66)/t37-,38-,44-,45-,50-/m0/s1. The van der Waals surface area contributed by atoms with Crippen molar-refractivity contribution >= 4 is 46.2 Å². The maximum atomic E-state index is 17.0. The molecule has 0 radical (unpaired) electrons. The van der Waals surface area contributed by atoms with Crippen molar-refractivity contribution in [2.75, 3.05) is 40.5 Å². The molecule has 19 heteroatoms. The molecule has 6 aromatic rings. The summed E-state index contributed by atoms with van der Waals surface area (Å²) in [5, 5.41) is 6.40. The number of H-pyrrole nitrogens is 2. The molecule has 4 fully saturated rings. The molecule has 17 nitrogen and oxygen atoms in total. The van der Waals surface area contributed by atoms with Gasteiger partial charge in [0, 0.05) is 47.7 Å². The van der Waals surface area contributed by atoms with Crippen LogP contribution in [0.25, 0.3) is 44.7 Å². The number of carbonyl (C=O) groups is 4. The minimum atomic E-state index is -0.769. The van der Waals surface area contributed by atoms with E-state index in [0.29, 0.717) is 91.4 Å². The number of thiophene rings is 1. The number of fused-ring (bicyclic) bond motifs is 5. The molecule has 0 spiro atoms.